The SMILES string of the molecule is CCC1C(C)=CC=C(c2ccc(C3CCC(C)C(c4ccc5c(c4)C4(c6ccccc6Sc6ccccc64)c4ccccc4-5)N=C(c4ccccc4)C3CC)cc2)C1C. The summed E-state index contributed by atoms with van der Waals surface area (Å²) in [7, 11) is 0. The van der Waals surface area contributed by atoms with E-state index >= 15 is 0 Å². The number of hydrogen-bond acceptors (Lipinski definition) is 2. The molecular formula is C57H55NS. The maximum atomic E-state index is 6.00. The maximum Gasteiger partial charge on any atom is 0.0778 e. The molecule has 0 fully saturated rings. The van der Waals surface area contributed by atoms with E-state index in [4.69, 9.17) is 4.99 Å². The van der Waals surface area contributed by atoms with Gasteiger partial charge in [0.15, 0.2) is 0 Å². The predicted molar refractivity (Wildman–Crippen MR) is 250 cm³/mol. The molecule has 0 aromatic heterocycles. The van der Waals surface area contributed by atoms with E-state index in [1.165, 1.54) is 88.7 Å². The Balaban J connectivity index is 1.09. The smallest absolute Gasteiger partial charge is 0.0778 e. The second-order valence-corrected chi connectivity index (χ2v) is 18.7. The van der Waals surface area contributed by atoms with Gasteiger partial charge >= 0.3 is 0 Å². The van der Waals surface area contributed by atoms with Gasteiger partial charge in [-0.3, -0.25) is 4.99 Å². The first-order valence-corrected chi connectivity index (χ1v) is 23.0. The summed E-state index contributed by atoms with van der Waals surface area (Å²) in [5, 5.41) is 0. The number of fused-ring (bicyclic) bond motifs is 9. The zero-order valence-electron chi connectivity index (χ0n) is 35.2. The van der Waals surface area contributed by atoms with Crippen molar-refractivity contribution < 1.29 is 0 Å². The quantitative estimate of drug-likeness (QED) is 0.164. The van der Waals surface area contributed by atoms with Crippen molar-refractivity contribution in [1.82, 2.24) is 0 Å². The molecule has 6 unspecified atom stereocenters. The molecule has 0 bridgehead atoms. The number of nitrogens with zero attached hydrogens (tertiary/aromatic N) is 1. The van der Waals surface area contributed by atoms with Gasteiger partial charge in [0.1, 0.15) is 0 Å². The number of rotatable bonds is 6. The Hall–Kier alpha value is -5.18. The average Bonchev–Trinajstić information content (AvgIpc) is 3.56. The molecule has 1 nitrogen and oxygen atoms in total. The molecule has 2 aliphatic carbocycles. The van der Waals surface area contributed by atoms with Crippen LogP contribution in [0.15, 0.2) is 178 Å². The summed E-state index contributed by atoms with van der Waals surface area (Å²) in [4.78, 5) is 8.69. The van der Waals surface area contributed by atoms with Gasteiger partial charge in [-0.05, 0) is 130 Å². The number of hydrogen-bond donors (Lipinski definition) is 0. The maximum absolute atomic E-state index is 6.00. The highest BCUT2D eigenvalue weighted by atomic mass is 32.2. The third kappa shape index (κ3) is 6.16. The highest BCUT2D eigenvalue weighted by Crippen LogP contribution is 2.62. The largest absolute Gasteiger partial charge is 0.280 e. The van der Waals surface area contributed by atoms with Crippen LogP contribution in [0, 0.1) is 23.7 Å². The van der Waals surface area contributed by atoms with Gasteiger partial charge in [0.2, 0.25) is 0 Å². The van der Waals surface area contributed by atoms with Crippen LogP contribution < -0.4 is 0 Å². The van der Waals surface area contributed by atoms with Crippen molar-refractivity contribution in [2.45, 2.75) is 87.5 Å². The Morgan fingerprint density at radius 3 is 1.88 bits per heavy atom. The molecule has 2 aliphatic heterocycles. The molecule has 6 aromatic rings. The summed E-state index contributed by atoms with van der Waals surface area (Å²) in [6.45, 7) is 11.9. The summed E-state index contributed by atoms with van der Waals surface area (Å²) < 4.78 is 0. The van der Waals surface area contributed by atoms with Crippen LogP contribution in [0.25, 0.3) is 16.7 Å². The second-order valence-electron chi connectivity index (χ2n) is 17.7. The van der Waals surface area contributed by atoms with Crippen molar-refractivity contribution in [3.05, 3.63) is 208 Å². The lowest BCUT2D eigenvalue weighted by molar-refractivity contribution is 0.362. The standard InChI is InChI=1S/C57H55NS/c1-6-43-36(3)25-32-45(38(43)5)39-27-29-40(30-28-39)46-33-26-37(4)55(58-56(44(46)7-2)41-17-9-8-10-18-41)42-31-34-48-47-19-11-12-20-49(47)57(52(48)35-42)50-21-13-15-23-53(50)59-54-24-16-14-22-51(54)57/h8-25,27-32,34-35,37-38,43-44,46,55H,6-7,26,33H2,1-5H3. The van der Waals surface area contributed by atoms with Gasteiger partial charge in [-0.15, -0.1) is 0 Å². The fourth-order valence-electron chi connectivity index (χ4n) is 11.7. The molecular weight excluding hydrogens is 731 g/mol. The van der Waals surface area contributed by atoms with Crippen LogP contribution in [0.2, 0.25) is 0 Å². The van der Waals surface area contributed by atoms with Gasteiger partial charge < -0.3 is 0 Å². The summed E-state index contributed by atoms with van der Waals surface area (Å²) in [5.74, 6) is 2.20. The van der Waals surface area contributed by atoms with Crippen molar-refractivity contribution in [2.75, 3.05) is 0 Å². The number of aliphatic imine (C=N–C) groups is 1. The number of benzene rings is 6. The Morgan fingerprint density at radius 1 is 0.576 bits per heavy atom. The molecule has 6 atom stereocenters. The zero-order valence-corrected chi connectivity index (χ0v) is 36.0. The summed E-state index contributed by atoms with van der Waals surface area (Å²) in [6, 6.07) is 55.7. The molecule has 0 saturated heterocycles. The van der Waals surface area contributed by atoms with Crippen molar-refractivity contribution in [3.63, 3.8) is 0 Å². The van der Waals surface area contributed by atoms with Crippen LogP contribution in [0.3, 0.4) is 0 Å². The van der Waals surface area contributed by atoms with Crippen LogP contribution >= 0.6 is 11.8 Å². The van der Waals surface area contributed by atoms with Gasteiger partial charge in [-0.1, -0.05) is 191 Å². The fourth-order valence-corrected chi connectivity index (χ4v) is 12.9. The van der Waals surface area contributed by atoms with Gasteiger partial charge in [-0.2, -0.15) is 0 Å². The average molecular weight is 786 g/mol. The van der Waals surface area contributed by atoms with E-state index in [9.17, 15) is 0 Å². The van der Waals surface area contributed by atoms with Gasteiger partial charge in [0.05, 0.1) is 11.5 Å². The van der Waals surface area contributed by atoms with E-state index in [-0.39, 0.29) is 6.04 Å². The molecule has 6 aromatic carbocycles. The first-order valence-electron chi connectivity index (χ1n) is 22.1. The van der Waals surface area contributed by atoms with Crippen molar-refractivity contribution in [3.8, 4) is 11.1 Å². The van der Waals surface area contributed by atoms with Crippen molar-refractivity contribution >= 4 is 23.0 Å². The van der Waals surface area contributed by atoms with Crippen molar-refractivity contribution in [1.29, 1.82) is 0 Å². The molecule has 1 spiro atoms. The van der Waals surface area contributed by atoms with E-state index in [1.54, 1.807) is 0 Å². The molecule has 2 heterocycles. The first-order chi connectivity index (χ1) is 28.9. The summed E-state index contributed by atoms with van der Waals surface area (Å²) in [6.07, 6.45) is 9.21. The van der Waals surface area contributed by atoms with Crippen LogP contribution in [0.4, 0.5) is 0 Å². The van der Waals surface area contributed by atoms with E-state index in [2.05, 4.69) is 192 Å². The molecule has 10 rings (SSSR count). The summed E-state index contributed by atoms with van der Waals surface area (Å²) in [5.41, 5.74) is 17.5. The van der Waals surface area contributed by atoms with Gasteiger partial charge in [0.25, 0.3) is 0 Å². The van der Waals surface area contributed by atoms with Crippen LogP contribution in [0.5, 0.6) is 0 Å². The molecule has 2 heteroatoms. The van der Waals surface area contributed by atoms with E-state index < -0.39 is 5.41 Å². The predicted octanol–water partition coefficient (Wildman–Crippen LogP) is 15.3. The first kappa shape index (κ1) is 38.0. The lowest BCUT2D eigenvalue weighted by Gasteiger charge is -2.40. The van der Waals surface area contributed by atoms with Crippen molar-refractivity contribution in [2.24, 2.45) is 28.7 Å². The van der Waals surface area contributed by atoms with Crippen LogP contribution in [-0.2, 0) is 5.41 Å². The zero-order chi connectivity index (χ0) is 40.3. The molecule has 0 N–H and O–H groups in total. The fraction of sp³-hybridized carbons (Fsp3) is 0.281. The second kappa shape index (κ2) is 15.4. The molecule has 4 aliphatic rings. The highest BCUT2D eigenvalue weighted by molar-refractivity contribution is 7.99. The number of allylic oxidation sites excluding steroid dienone is 4. The molecule has 59 heavy (non-hydrogen) atoms. The van der Waals surface area contributed by atoms with E-state index in [1.807, 2.05) is 11.8 Å². The normalized spacial score (nSPS) is 24.1. The Bertz CT molecular complexity index is 2580. The Morgan fingerprint density at radius 2 is 1.19 bits per heavy atom. The third-order valence-corrected chi connectivity index (χ3v) is 15.8. The molecule has 0 amide bonds. The van der Waals surface area contributed by atoms with Gasteiger partial charge in [-0.25, -0.2) is 0 Å². The lowest BCUT2D eigenvalue weighted by Crippen LogP contribution is -2.32. The lowest BCUT2D eigenvalue weighted by atomic mass is 9.67. The summed E-state index contributed by atoms with van der Waals surface area (Å²) >= 11 is 1.91. The van der Waals surface area contributed by atoms with Gasteiger partial charge in [0, 0.05) is 21.4 Å². The third-order valence-electron chi connectivity index (χ3n) is 14.6. The van der Waals surface area contributed by atoms with Crippen LogP contribution in [0.1, 0.15) is 117 Å². The highest BCUT2D eigenvalue weighted by Gasteiger charge is 2.50. The van der Waals surface area contributed by atoms with E-state index in [0.29, 0.717) is 29.6 Å². The molecule has 294 valence electrons. The molecule has 0 saturated carbocycles. The minimum absolute atomic E-state index is 0.0415. The Kier molecular flexibility index (Phi) is 9.96. The van der Waals surface area contributed by atoms with E-state index in [0.717, 1.165) is 19.3 Å². The monoisotopic (exact) mass is 785 g/mol. The Labute approximate surface area is 356 Å². The van der Waals surface area contributed by atoms with Crippen LogP contribution in [-0.4, -0.2) is 5.71 Å². The minimum atomic E-state index is -0.390. The topological polar surface area (TPSA) is 12.4 Å². The minimum Gasteiger partial charge on any atom is -0.280 e. The molecule has 0 radical (unpaired) electrons.